The first-order chi connectivity index (χ1) is 26.6. The van der Waals surface area contributed by atoms with Gasteiger partial charge in [0.2, 0.25) is 0 Å². The van der Waals surface area contributed by atoms with Crippen LogP contribution in [0.15, 0.2) is 72.9 Å². The zero-order valence-corrected chi connectivity index (χ0v) is 35.5. The molecule has 0 aromatic carbocycles. The van der Waals surface area contributed by atoms with Crippen LogP contribution in [0.1, 0.15) is 201 Å². The number of rotatable bonds is 40. The van der Waals surface area contributed by atoms with E-state index in [9.17, 15) is 9.59 Å². The van der Waals surface area contributed by atoms with Crippen LogP contribution in [0.4, 0.5) is 0 Å². The van der Waals surface area contributed by atoms with Gasteiger partial charge in [0.15, 0.2) is 6.10 Å². The van der Waals surface area contributed by atoms with Crippen molar-refractivity contribution < 1.29 is 23.8 Å². The third-order valence-electron chi connectivity index (χ3n) is 9.18. The SMILES string of the molecule is CC/C=C\C/C=C\C/C=C\CCCCCCOCC(COC(=O)CCCCCCC/C=C\C/C=C\CCC)OC(=O)CCCCCCC/C=C\CCCC. The molecule has 0 spiro atoms. The van der Waals surface area contributed by atoms with E-state index in [2.05, 4.69) is 93.7 Å². The highest BCUT2D eigenvalue weighted by Gasteiger charge is 2.17. The van der Waals surface area contributed by atoms with Crippen LogP contribution in [-0.4, -0.2) is 37.9 Å². The molecule has 0 aliphatic heterocycles. The lowest BCUT2D eigenvalue weighted by Crippen LogP contribution is -2.30. The van der Waals surface area contributed by atoms with Crippen molar-refractivity contribution in [2.75, 3.05) is 19.8 Å². The zero-order valence-electron chi connectivity index (χ0n) is 35.5. The van der Waals surface area contributed by atoms with Crippen LogP contribution in [-0.2, 0) is 23.8 Å². The molecule has 0 aliphatic rings. The van der Waals surface area contributed by atoms with Gasteiger partial charge in [-0.05, 0) is 96.3 Å². The predicted octanol–water partition coefficient (Wildman–Crippen LogP) is 14.8. The minimum absolute atomic E-state index is 0.0628. The minimum Gasteiger partial charge on any atom is -0.462 e. The molecule has 0 aromatic heterocycles. The molecule has 310 valence electrons. The van der Waals surface area contributed by atoms with E-state index in [0.717, 1.165) is 103 Å². The van der Waals surface area contributed by atoms with Crippen LogP contribution in [0.25, 0.3) is 0 Å². The molecule has 0 heterocycles. The van der Waals surface area contributed by atoms with Gasteiger partial charge in [-0.25, -0.2) is 0 Å². The van der Waals surface area contributed by atoms with Crippen molar-refractivity contribution in [2.45, 2.75) is 207 Å². The fourth-order valence-electron chi connectivity index (χ4n) is 5.84. The third kappa shape index (κ3) is 42.1. The van der Waals surface area contributed by atoms with Crippen molar-refractivity contribution >= 4 is 11.9 Å². The molecule has 0 bridgehead atoms. The van der Waals surface area contributed by atoms with Crippen LogP contribution >= 0.6 is 0 Å². The lowest BCUT2D eigenvalue weighted by Gasteiger charge is -2.18. The molecule has 0 N–H and O–H groups in total. The van der Waals surface area contributed by atoms with Crippen molar-refractivity contribution in [1.29, 1.82) is 0 Å². The summed E-state index contributed by atoms with van der Waals surface area (Å²) in [6.07, 6.45) is 56.1. The van der Waals surface area contributed by atoms with Gasteiger partial charge in [-0.3, -0.25) is 9.59 Å². The smallest absolute Gasteiger partial charge is 0.306 e. The summed E-state index contributed by atoms with van der Waals surface area (Å²) in [6, 6.07) is 0. The number of carbonyl (C=O) groups excluding carboxylic acids is 2. The Morgan fingerprint density at radius 2 is 0.870 bits per heavy atom. The van der Waals surface area contributed by atoms with E-state index < -0.39 is 6.10 Å². The first-order valence-electron chi connectivity index (χ1n) is 22.5. The van der Waals surface area contributed by atoms with Crippen molar-refractivity contribution in [1.82, 2.24) is 0 Å². The maximum Gasteiger partial charge on any atom is 0.306 e. The molecule has 0 aliphatic carbocycles. The maximum atomic E-state index is 12.7. The number of unbranched alkanes of at least 4 members (excludes halogenated alkanes) is 17. The summed E-state index contributed by atoms with van der Waals surface area (Å²) >= 11 is 0. The first kappa shape index (κ1) is 51.3. The molecular weight excluding hydrogens is 669 g/mol. The maximum absolute atomic E-state index is 12.7. The van der Waals surface area contributed by atoms with Crippen LogP contribution in [0.2, 0.25) is 0 Å². The second-order valence-corrected chi connectivity index (χ2v) is 14.6. The Morgan fingerprint density at radius 3 is 1.43 bits per heavy atom. The van der Waals surface area contributed by atoms with E-state index in [1.807, 2.05) is 0 Å². The summed E-state index contributed by atoms with van der Waals surface area (Å²) in [6.45, 7) is 7.53. The van der Waals surface area contributed by atoms with Crippen molar-refractivity contribution in [3.05, 3.63) is 72.9 Å². The molecular formula is C49H84O5. The quantitative estimate of drug-likeness (QED) is 0.0354. The molecule has 0 aromatic rings. The molecule has 0 saturated heterocycles. The zero-order chi connectivity index (χ0) is 39.3. The number of esters is 2. The lowest BCUT2D eigenvalue weighted by atomic mass is 10.1. The van der Waals surface area contributed by atoms with Crippen molar-refractivity contribution in [3.63, 3.8) is 0 Å². The van der Waals surface area contributed by atoms with Gasteiger partial charge in [0.05, 0.1) is 6.61 Å². The highest BCUT2D eigenvalue weighted by Crippen LogP contribution is 2.12. The van der Waals surface area contributed by atoms with Gasteiger partial charge in [-0.1, -0.05) is 164 Å². The summed E-state index contributed by atoms with van der Waals surface area (Å²) in [5, 5.41) is 0. The normalized spacial score (nSPS) is 12.9. The van der Waals surface area contributed by atoms with Gasteiger partial charge in [-0.2, -0.15) is 0 Å². The van der Waals surface area contributed by atoms with E-state index in [1.54, 1.807) is 0 Å². The summed E-state index contributed by atoms with van der Waals surface area (Å²) in [7, 11) is 0. The van der Waals surface area contributed by atoms with Gasteiger partial charge in [-0.15, -0.1) is 0 Å². The minimum atomic E-state index is -0.557. The van der Waals surface area contributed by atoms with Gasteiger partial charge in [0.25, 0.3) is 0 Å². The lowest BCUT2D eigenvalue weighted by molar-refractivity contribution is -0.163. The molecule has 0 fully saturated rings. The van der Waals surface area contributed by atoms with E-state index in [0.29, 0.717) is 19.4 Å². The fraction of sp³-hybridized carbons (Fsp3) is 0.714. The molecule has 0 radical (unpaired) electrons. The Balaban J connectivity index is 4.33. The number of ether oxygens (including phenoxy) is 3. The second kappa shape index (κ2) is 44.7. The first-order valence-corrected chi connectivity index (χ1v) is 22.5. The monoisotopic (exact) mass is 753 g/mol. The molecule has 0 rings (SSSR count). The molecule has 1 unspecified atom stereocenters. The summed E-state index contributed by atoms with van der Waals surface area (Å²) < 4.78 is 17.3. The van der Waals surface area contributed by atoms with Gasteiger partial charge in [0.1, 0.15) is 6.61 Å². The van der Waals surface area contributed by atoms with Crippen molar-refractivity contribution in [2.24, 2.45) is 0 Å². The number of hydrogen-bond acceptors (Lipinski definition) is 5. The second-order valence-electron chi connectivity index (χ2n) is 14.6. The van der Waals surface area contributed by atoms with Crippen LogP contribution in [0, 0.1) is 0 Å². The number of carbonyl (C=O) groups is 2. The van der Waals surface area contributed by atoms with Crippen LogP contribution in [0.3, 0.4) is 0 Å². The predicted molar refractivity (Wildman–Crippen MR) is 233 cm³/mol. The average molecular weight is 753 g/mol. The van der Waals surface area contributed by atoms with E-state index >= 15 is 0 Å². The standard InChI is InChI=1S/C49H84O5/c1-4-7-10-13-16-19-22-24-26-29-32-35-38-41-44-52-45-47(54-49(51)43-40-37-34-31-27-21-18-15-12-9-6-3)46-53-48(50)42-39-36-33-30-28-25-23-20-17-14-11-8-5-2/h7,10-11,14-16,18-20,23-24,26,47H,4-6,8-9,12-13,17,21-22,25,27-46H2,1-3H3/b10-7-,14-11-,18-15-,19-16-,23-20-,26-24-. The summed E-state index contributed by atoms with van der Waals surface area (Å²) in [5.74, 6) is -0.442. The Morgan fingerprint density at radius 1 is 0.426 bits per heavy atom. The molecule has 1 atom stereocenters. The molecule has 0 amide bonds. The largest absolute Gasteiger partial charge is 0.462 e. The highest BCUT2D eigenvalue weighted by molar-refractivity contribution is 5.70. The van der Waals surface area contributed by atoms with Gasteiger partial charge < -0.3 is 14.2 Å². The number of hydrogen-bond donors (Lipinski definition) is 0. The summed E-state index contributed by atoms with van der Waals surface area (Å²) in [4.78, 5) is 25.2. The van der Waals surface area contributed by atoms with Crippen LogP contribution in [0.5, 0.6) is 0 Å². The topological polar surface area (TPSA) is 61.8 Å². The highest BCUT2D eigenvalue weighted by atomic mass is 16.6. The Hall–Kier alpha value is -2.66. The van der Waals surface area contributed by atoms with Crippen molar-refractivity contribution in [3.8, 4) is 0 Å². The Labute approximate surface area is 334 Å². The molecule has 54 heavy (non-hydrogen) atoms. The Bertz CT molecular complexity index is 988. The van der Waals surface area contributed by atoms with E-state index in [1.165, 1.54) is 64.2 Å². The average Bonchev–Trinajstić information content (AvgIpc) is 3.17. The number of allylic oxidation sites excluding steroid dienone is 12. The van der Waals surface area contributed by atoms with E-state index in [4.69, 9.17) is 14.2 Å². The van der Waals surface area contributed by atoms with E-state index in [-0.39, 0.29) is 25.2 Å². The molecule has 5 nitrogen and oxygen atoms in total. The third-order valence-corrected chi connectivity index (χ3v) is 9.18. The van der Waals surface area contributed by atoms with Crippen LogP contribution < -0.4 is 0 Å². The Kier molecular flexibility index (Phi) is 42.5. The van der Waals surface area contributed by atoms with Gasteiger partial charge in [0, 0.05) is 19.4 Å². The van der Waals surface area contributed by atoms with Gasteiger partial charge >= 0.3 is 11.9 Å². The molecule has 5 heteroatoms. The fourth-order valence-corrected chi connectivity index (χ4v) is 5.84. The summed E-state index contributed by atoms with van der Waals surface area (Å²) in [5.41, 5.74) is 0. The molecule has 0 saturated carbocycles.